The van der Waals surface area contributed by atoms with E-state index in [1.54, 1.807) is 35.4 Å². The van der Waals surface area contributed by atoms with Crippen LogP contribution in [0.4, 0.5) is 5.82 Å². The molecule has 0 atom stereocenters. The molecule has 1 aliphatic rings. The van der Waals surface area contributed by atoms with Crippen LogP contribution in [0, 0.1) is 12.8 Å². The van der Waals surface area contributed by atoms with E-state index in [-0.39, 0.29) is 17.7 Å². The summed E-state index contributed by atoms with van der Waals surface area (Å²) in [5, 5.41) is 3.27. The number of amides is 2. The van der Waals surface area contributed by atoms with Gasteiger partial charge in [-0.1, -0.05) is 17.7 Å². The number of aryl methyl sites for hydroxylation is 1. The average Bonchev–Trinajstić information content (AvgIpc) is 2.79. The Labute approximate surface area is 193 Å². The van der Waals surface area contributed by atoms with E-state index >= 15 is 0 Å². The lowest BCUT2D eigenvalue weighted by molar-refractivity contribution is -0.130. The number of hydrogen-bond acceptors (Lipinski definition) is 5. The summed E-state index contributed by atoms with van der Waals surface area (Å²) in [6.45, 7) is 5.34. The molecule has 32 heavy (non-hydrogen) atoms. The summed E-state index contributed by atoms with van der Waals surface area (Å²) in [5.41, 5.74) is 1.78. The molecule has 2 aromatic rings. The van der Waals surface area contributed by atoms with E-state index < -0.39 is 0 Å². The minimum Gasteiger partial charge on any atom is -0.491 e. The Kier molecular flexibility index (Phi) is 8.11. The number of rotatable bonds is 7. The van der Waals surface area contributed by atoms with Gasteiger partial charge in [0.1, 0.15) is 5.82 Å². The first-order valence-electron chi connectivity index (χ1n) is 10.6. The highest BCUT2D eigenvalue weighted by atomic mass is 35.5. The summed E-state index contributed by atoms with van der Waals surface area (Å²) < 4.78 is 10.9. The smallest absolute Gasteiger partial charge is 0.246 e. The zero-order valence-electron chi connectivity index (χ0n) is 18.6. The van der Waals surface area contributed by atoms with Crippen LogP contribution in [-0.4, -0.2) is 48.5 Å². The lowest BCUT2D eigenvalue weighted by atomic mass is 9.96. The highest BCUT2D eigenvalue weighted by molar-refractivity contribution is 6.32. The maximum atomic E-state index is 12.6. The van der Waals surface area contributed by atoms with Crippen LogP contribution in [0.15, 0.2) is 36.5 Å². The Bertz CT molecular complexity index is 983. The van der Waals surface area contributed by atoms with Gasteiger partial charge in [-0.2, -0.15) is 0 Å². The molecule has 0 spiro atoms. The van der Waals surface area contributed by atoms with E-state index in [1.807, 2.05) is 19.9 Å². The van der Waals surface area contributed by atoms with E-state index in [0.717, 1.165) is 11.1 Å². The molecule has 2 heterocycles. The van der Waals surface area contributed by atoms with Crippen molar-refractivity contribution in [3.63, 3.8) is 0 Å². The molecule has 1 aromatic carbocycles. The fraction of sp³-hybridized carbons (Fsp3) is 0.375. The normalized spacial score (nSPS) is 14.4. The molecule has 2 amide bonds. The number of halogens is 1. The van der Waals surface area contributed by atoms with Gasteiger partial charge in [-0.3, -0.25) is 9.59 Å². The van der Waals surface area contributed by atoms with Gasteiger partial charge in [0.05, 0.1) is 18.7 Å². The van der Waals surface area contributed by atoms with Crippen LogP contribution in [0.3, 0.4) is 0 Å². The number of pyridine rings is 1. The van der Waals surface area contributed by atoms with Crippen molar-refractivity contribution in [1.82, 2.24) is 9.88 Å². The maximum absolute atomic E-state index is 12.6. The van der Waals surface area contributed by atoms with Crippen LogP contribution in [-0.2, 0) is 9.59 Å². The van der Waals surface area contributed by atoms with Gasteiger partial charge in [-0.15, -0.1) is 0 Å². The van der Waals surface area contributed by atoms with Crippen molar-refractivity contribution in [2.45, 2.75) is 26.7 Å². The standard InChI is InChI=1S/C24H28ClN3O4/c1-4-32-20-14-17(13-19(25)23(20)31-3)6-8-22(29)28-11-9-18(10-12-28)24(30)27-21-7-5-16(2)15-26-21/h5-8,13-15,18H,4,9-12H2,1-3H3,(H,26,27,30)/b8-6+. The van der Waals surface area contributed by atoms with Gasteiger partial charge in [0.2, 0.25) is 11.8 Å². The Hall–Kier alpha value is -3.06. The number of carbonyl (C=O) groups is 2. The van der Waals surface area contributed by atoms with Crippen molar-refractivity contribution in [1.29, 1.82) is 0 Å². The monoisotopic (exact) mass is 457 g/mol. The number of nitrogens with zero attached hydrogens (tertiary/aromatic N) is 2. The van der Waals surface area contributed by atoms with Crippen LogP contribution < -0.4 is 14.8 Å². The van der Waals surface area contributed by atoms with E-state index in [2.05, 4.69) is 10.3 Å². The molecule has 1 N–H and O–H groups in total. The van der Waals surface area contributed by atoms with Crippen molar-refractivity contribution in [2.75, 3.05) is 32.1 Å². The van der Waals surface area contributed by atoms with Crippen LogP contribution in [0.5, 0.6) is 11.5 Å². The molecule has 170 valence electrons. The van der Waals surface area contributed by atoms with Gasteiger partial charge in [0, 0.05) is 31.3 Å². The molecule has 0 aliphatic carbocycles. The molecule has 0 bridgehead atoms. The Morgan fingerprint density at radius 1 is 1.28 bits per heavy atom. The van der Waals surface area contributed by atoms with E-state index in [1.165, 1.54) is 13.2 Å². The second-order valence-corrected chi connectivity index (χ2v) is 8.02. The predicted octanol–water partition coefficient (Wildman–Crippen LogP) is 4.34. The number of ether oxygens (including phenoxy) is 2. The van der Waals surface area contributed by atoms with Crippen LogP contribution in [0.2, 0.25) is 5.02 Å². The molecule has 1 aliphatic heterocycles. The van der Waals surface area contributed by atoms with Crippen LogP contribution in [0.25, 0.3) is 6.08 Å². The zero-order chi connectivity index (χ0) is 23.1. The quantitative estimate of drug-likeness (QED) is 0.625. The van der Waals surface area contributed by atoms with Gasteiger partial charge >= 0.3 is 0 Å². The molecule has 7 nitrogen and oxygen atoms in total. The second-order valence-electron chi connectivity index (χ2n) is 7.61. The fourth-order valence-electron chi connectivity index (χ4n) is 3.55. The van der Waals surface area contributed by atoms with Crippen molar-refractivity contribution in [3.8, 4) is 11.5 Å². The van der Waals surface area contributed by atoms with Crippen molar-refractivity contribution in [3.05, 3.63) is 52.7 Å². The molecular weight excluding hydrogens is 430 g/mol. The number of nitrogens with one attached hydrogen (secondary N) is 1. The molecule has 0 unspecified atom stereocenters. The second kappa shape index (κ2) is 11.0. The van der Waals surface area contributed by atoms with Gasteiger partial charge in [0.25, 0.3) is 0 Å². The highest BCUT2D eigenvalue weighted by Crippen LogP contribution is 2.36. The number of benzene rings is 1. The number of likely N-dealkylation sites (tertiary alicyclic amines) is 1. The minimum absolute atomic E-state index is 0.0553. The third-order valence-corrected chi connectivity index (χ3v) is 5.57. The molecule has 3 rings (SSSR count). The average molecular weight is 458 g/mol. The summed E-state index contributed by atoms with van der Waals surface area (Å²) in [4.78, 5) is 31.1. The summed E-state index contributed by atoms with van der Waals surface area (Å²) in [6, 6.07) is 7.21. The molecule has 1 fully saturated rings. The number of piperidine rings is 1. The van der Waals surface area contributed by atoms with E-state index in [4.69, 9.17) is 21.1 Å². The number of methoxy groups -OCH3 is 1. The summed E-state index contributed by atoms with van der Waals surface area (Å²) in [6.07, 6.45) is 6.17. The van der Waals surface area contributed by atoms with Crippen molar-refractivity contribution < 1.29 is 19.1 Å². The van der Waals surface area contributed by atoms with Gasteiger partial charge in [-0.25, -0.2) is 4.98 Å². The maximum Gasteiger partial charge on any atom is 0.246 e. The number of hydrogen-bond donors (Lipinski definition) is 1. The van der Waals surface area contributed by atoms with Crippen molar-refractivity contribution >= 4 is 35.3 Å². The van der Waals surface area contributed by atoms with Crippen LogP contribution >= 0.6 is 11.6 Å². The predicted molar refractivity (Wildman–Crippen MR) is 125 cm³/mol. The Morgan fingerprint density at radius 2 is 2.03 bits per heavy atom. The molecule has 1 aromatic heterocycles. The highest BCUT2D eigenvalue weighted by Gasteiger charge is 2.26. The Balaban J connectivity index is 1.55. The Morgan fingerprint density at radius 3 is 2.66 bits per heavy atom. The van der Waals surface area contributed by atoms with Gasteiger partial charge in [0.15, 0.2) is 11.5 Å². The van der Waals surface area contributed by atoms with Gasteiger partial charge < -0.3 is 19.7 Å². The molecule has 0 radical (unpaired) electrons. The third-order valence-electron chi connectivity index (χ3n) is 5.29. The minimum atomic E-state index is -0.139. The van der Waals surface area contributed by atoms with Gasteiger partial charge in [-0.05, 0) is 62.1 Å². The number of aromatic nitrogens is 1. The molecular formula is C24H28ClN3O4. The third kappa shape index (κ3) is 6.01. The summed E-state index contributed by atoms with van der Waals surface area (Å²) in [5.74, 6) is 1.25. The first kappa shape index (κ1) is 23.6. The zero-order valence-corrected chi connectivity index (χ0v) is 19.3. The molecule has 8 heteroatoms. The SMILES string of the molecule is CCOc1cc(/C=C/C(=O)N2CCC(C(=O)Nc3ccc(C)cn3)CC2)cc(Cl)c1OC. The van der Waals surface area contributed by atoms with Crippen LogP contribution in [0.1, 0.15) is 30.9 Å². The first-order valence-corrected chi connectivity index (χ1v) is 11.0. The largest absolute Gasteiger partial charge is 0.491 e. The molecule has 0 saturated carbocycles. The number of anilines is 1. The molecule has 1 saturated heterocycles. The van der Waals surface area contributed by atoms with E-state index in [0.29, 0.717) is 54.9 Å². The lowest BCUT2D eigenvalue weighted by Gasteiger charge is -2.30. The summed E-state index contributed by atoms with van der Waals surface area (Å²) >= 11 is 6.27. The van der Waals surface area contributed by atoms with E-state index in [9.17, 15) is 9.59 Å². The number of carbonyl (C=O) groups excluding carboxylic acids is 2. The lowest BCUT2D eigenvalue weighted by Crippen LogP contribution is -2.40. The first-order chi connectivity index (χ1) is 15.4. The summed E-state index contributed by atoms with van der Waals surface area (Å²) in [7, 11) is 1.53. The topological polar surface area (TPSA) is 80.8 Å². The van der Waals surface area contributed by atoms with Crippen molar-refractivity contribution in [2.24, 2.45) is 5.92 Å². The fourth-order valence-corrected chi connectivity index (χ4v) is 3.85.